The summed E-state index contributed by atoms with van der Waals surface area (Å²) in [7, 11) is 0. The molecule has 1 N–H and O–H groups in total. The van der Waals surface area contributed by atoms with Gasteiger partial charge in [0.25, 0.3) is 0 Å². The summed E-state index contributed by atoms with van der Waals surface area (Å²) in [5.41, 5.74) is 2.23. The summed E-state index contributed by atoms with van der Waals surface area (Å²) in [4.78, 5) is 0. The lowest BCUT2D eigenvalue weighted by Gasteiger charge is -2.20. The van der Waals surface area contributed by atoms with Gasteiger partial charge >= 0.3 is 0 Å². The van der Waals surface area contributed by atoms with Crippen LogP contribution in [0, 0.1) is 6.92 Å². The van der Waals surface area contributed by atoms with Crippen LogP contribution >= 0.6 is 11.6 Å². The molecular weight excluding hydrogens is 282 g/mol. The second-order valence-corrected chi connectivity index (χ2v) is 6.02. The predicted molar refractivity (Wildman–Crippen MR) is 87.0 cm³/mol. The molecule has 0 heterocycles. The number of hydrogen-bond acceptors (Lipinski definition) is 2. The van der Waals surface area contributed by atoms with E-state index in [1.165, 1.54) is 18.4 Å². The Morgan fingerprint density at radius 1 is 1.19 bits per heavy atom. The van der Waals surface area contributed by atoms with Crippen LogP contribution in [0.15, 0.2) is 48.5 Å². The molecule has 1 aliphatic rings. The number of ether oxygens (including phenoxy) is 1. The molecule has 110 valence electrons. The van der Waals surface area contributed by atoms with Gasteiger partial charge in [0.2, 0.25) is 0 Å². The first-order valence-corrected chi connectivity index (χ1v) is 7.81. The summed E-state index contributed by atoms with van der Waals surface area (Å²) >= 11 is 6.08. The summed E-state index contributed by atoms with van der Waals surface area (Å²) in [5, 5.41) is 4.32. The summed E-state index contributed by atoms with van der Waals surface area (Å²) in [6.07, 6.45) is 2.58. The van der Waals surface area contributed by atoms with E-state index in [2.05, 4.69) is 29.6 Å². The van der Waals surface area contributed by atoms with Crippen molar-refractivity contribution in [3.05, 3.63) is 64.7 Å². The third-order valence-electron chi connectivity index (χ3n) is 3.75. The van der Waals surface area contributed by atoms with Gasteiger partial charge in [-0.05, 0) is 49.1 Å². The maximum absolute atomic E-state index is 6.19. The standard InChI is InChI=1S/C18H20ClNO/c1-13-11-16(9-10-17(13)19)21-18(12-20-15-7-8-15)14-5-3-2-4-6-14/h2-6,9-11,15,18,20H,7-8,12H2,1H3. The van der Waals surface area contributed by atoms with Gasteiger partial charge in [0.05, 0.1) is 0 Å². The lowest BCUT2D eigenvalue weighted by molar-refractivity contribution is 0.201. The Morgan fingerprint density at radius 2 is 1.95 bits per heavy atom. The zero-order chi connectivity index (χ0) is 14.7. The number of nitrogens with one attached hydrogen (secondary N) is 1. The third-order valence-corrected chi connectivity index (χ3v) is 4.17. The maximum Gasteiger partial charge on any atom is 0.136 e. The van der Waals surface area contributed by atoms with Crippen LogP contribution in [0.2, 0.25) is 5.02 Å². The van der Waals surface area contributed by atoms with E-state index in [4.69, 9.17) is 16.3 Å². The van der Waals surface area contributed by atoms with Gasteiger partial charge in [-0.2, -0.15) is 0 Å². The summed E-state index contributed by atoms with van der Waals surface area (Å²) < 4.78 is 6.19. The molecule has 2 aromatic carbocycles. The molecule has 0 aliphatic heterocycles. The van der Waals surface area contributed by atoms with Gasteiger partial charge in [0, 0.05) is 17.6 Å². The largest absolute Gasteiger partial charge is 0.484 e. The average molecular weight is 302 g/mol. The van der Waals surface area contributed by atoms with E-state index in [1.807, 2.05) is 31.2 Å². The molecule has 1 saturated carbocycles. The second-order valence-electron chi connectivity index (χ2n) is 5.61. The highest BCUT2D eigenvalue weighted by Crippen LogP contribution is 2.27. The molecule has 2 aromatic rings. The zero-order valence-corrected chi connectivity index (χ0v) is 12.9. The maximum atomic E-state index is 6.19. The first kappa shape index (κ1) is 14.4. The Morgan fingerprint density at radius 3 is 2.62 bits per heavy atom. The first-order chi connectivity index (χ1) is 10.2. The van der Waals surface area contributed by atoms with Crippen LogP contribution in [-0.4, -0.2) is 12.6 Å². The van der Waals surface area contributed by atoms with Crippen LogP contribution in [0.3, 0.4) is 0 Å². The fraction of sp³-hybridized carbons (Fsp3) is 0.333. The molecule has 0 spiro atoms. The Balaban J connectivity index is 1.75. The highest BCUT2D eigenvalue weighted by atomic mass is 35.5. The minimum Gasteiger partial charge on any atom is -0.484 e. The minimum atomic E-state index is 0.0207. The lowest BCUT2D eigenvalue weighted by Crippen LogP contribution is -2.26. The Labute approximate surface area is 131 Å². The van der Waals surface area contributed by atoms with Gasteiger partial charge < -0.3 is 10.1 Å². The van der Waals surface area contributed by atoms with Gasteiger partial charge in [-0.3, -0.25) is 0 Å². The molecule has 21 heavy (non-hydrogen) atoms. The fourth-order valence-corrected chi connectivity index (χ4v) is 2.43. The third kappa shape index (κ3) is 3.99. The van der Waals surface area contributed by atoms with Crippen LogP contribution in [-0.2, 0) is 0 Å². The quantitative estimate of drug-likeness (QED) is 0.847. The van der Waals surface area contributed by atoms with Gasteiger partial charge in [-0.1, -0.05) is 41.9 Å². The second kappa shape index (κ2) is 6.50. The molecule has 2 nitrogen and oxygen atoms in total. The first-order valence-electron chi connectivity index (χ1n) is 7.43. The Kier molecular flexibility index (Phi) is 4.47. The normalized spacial score (nSPS) is 15.7. The van der Waals surface area contributed by atoms with E-state index in [9.17, 15) is 0 Å². The van der Waals surface area contributed by atoms with Crippen molar-refractivity contribution >= 4 is 11.6 Å². The van der Waals surface area contributed by atoms with Crippen molar-refractivity contribution in [1.29, 1.82) is 0 Å². The molecule has 1 atom stereocenters. The Hall–Kier alpha value is -1.51. The average Bonchev–Trinajstić information content (AvgIpc) is 3.32. The SMILES string of the molecule is Cc1cc(OC(CNC2CC2)c2ccccc2)ccc1Cl. The lowest BCUT2D eigenvalue weighted by atomic mass is 10.1. The highest BCUT2D eigenvalue weighted by Gasteiger charge is 2.23. The molecule has 1 unspecified atom stereocenters. The van der Waals surface area contributed by atoms with Crippen molar-refractivity contribution in [2.75, 3.05) is 6.54 Å². The van der Waals surface area contributed by atoms with Crippen molar-refractivity contribution in [1.82, 2.24) is 5.32 Å². The van der Waals surface area contributed by atoms with E-state index in [1.54, 1.807) is 0 Å². The van der Waals surface area contributed by atoms with Crippen LogP contribution in [0.5, 0.6) is 5.75 Å². The molecule has 1 aliphatic carbocycles. The Bertz CT molecular complexity index is 595. The van der Waals surface area contributed by atoms with E-state index >= 15 is 0 Å². The van der Waals surface area contributed by atoms with Crippen molar-refractivity contribution in [3.63, 3.8) is 0 Å². The molecule has 0 radical (unpaired) electrons. The summed E-state index contributed by atoms with van der Waals surface area (Å²) in [6.45, 7) is 2.82. The van der Waals surface area contributed by atoms with Gasteiger partial charge in [-0.15, -0.1) is 0 Å². The zero-order valence-electron chi connectivity index (χ0n) is 12.2. The number of aryl methyl sites for hydroxylation is 1. The topological polar surface area (TPSA) is 21.3 Å². The molecule has 0 aromatic heterocycles. The molecule has 0 saturated heterocycles. The number of benzene rings is 2. The molecule has 3 rings (SSSR count). The fourth-order valence-electron chi connectivity index (χ4n) is 2.31. The molecule has 0 amide bonds. The van der Waals surface area contributed by atoms with Crippen LogP contribution in [0.1, 0.15) is 30.1 Å². The minimum absolute atomic E-state index is 0.0207. The number of rotatable bonds is 6. The van der Waals surface area contributed by atoms with E-state index in [0.29, 0.717) is 6.04 Å². The summed E-state index contributed by atoms with van der Waals surface area (Å²) in [6, 6.07) is 16.9. The molecule has 3 heteroatoms. The molecule has 0 bridgehead atoms. The van der Waals surface area contributed by atoms with Crippen LogP contribution < -0.4 is 10.1 Å². The van der Waals surface area contributed by atoms with E-state index < -0.39 is 0 Å². The smallest absolute Gasteiger partial charge is 0.136 e. The van der Waals surface area contributed by atoms with E-state index in [-0.39, 0.29) is 6.10 Å². The molecular formula is C18H20ClNO. The van der Waals surface area contributed by atoms with Crippen molar-refractivity contribution in [2.45, 2.75) is 31.9 Å². The van der Waals surface area contributed by atoms with Gasteiger partial charge in [0.1, 0.15) is 11.9 Å². The number of halogens is 1. The van der Waals surface area contributed by atoms with Crippen molar-refractivity contribution < 1.29 is 4.74 Å². The highest BCUT2D eigenvalue weighted by molar-refractivity contribution is 6.31. The van der Waals surface area contributed by atoms with Crippen LogP contribution in [0.25, 0.3) is 0 Å². The predicted octanol–water partition coefficient (Wildman–Crippen LogP) is 4.52. The van der Waals surface area contributed by atoms with Crippen molar-refractivity contribution in [2.24, 2.45) is 0 Å². The van der Waals surface area contributed by atoms with Crippen molar-refractivity contribution in [3.8, 4) is 5.75 Å². The number of hydrogen-bond donors (Lipinski definition) is 1. The van der Waals surface area contributed by atoms with Gasteiger partial charge in [0.15, 0.2) is 0 Å². The van der Waals surface area contributed by atoms with Crippen LogP contribution in [0.4, 0.5) is 0 Å². The van der Waals surface area contributed by atoms with Gasteiger partial charge in [-0.25, -0.2) is 0 Å². The van der Waals surface area contributed by atoms with E-state index in [0.717, 1.165) is 22.9 Å². The summed E-state index contributed by atoms with van der Waals surface area (Å²) in [5.74, 6) is 0.864. The monoisotopic (exact) mass is 301 g/mol. The molecule has 1 fully saturated rings.